The van der Waals surface area contributed by atoms with Gasteiger partial charge < -0.3 is 10.2 Å². The highest BCUT2D eigenvalue weighted by atomic mass is 32.1. The van der Waals surface area contributed by atoms with E-state index < -0.39 is 0 Å². The molecule has 0 aliphatic carbocycles. The van der Waals surface area contributed by atoms with E-state index >= 15 is 0 Å². The van der Waals surface area contributed by atoms with Crippen molar-refractivity contribution >= 4 is 33.7 Å². The Balaban J connectivity index is 0.00000218. The van der Waals surface area contributed by atoms with Gasteiger partial charge in [-0.15, -0.1) is 11.3 Å². The zero-order valence-corrected chi connectivity index (χ0v) is 17.1. The number of benzene rings is 3. The molecule has 2 heterocycles. The highest BCUT2D eigenvalue weighted by molar-refractivity contribution is 7.12. The Morgan fingerprint density at radius 2 is 1.76 bits per heavy atom. The first-order valence-electron chi connectivity index (χ1n) is 9.96. The standard InChI is InChI=1S/C25H22N2OS.H2/c1-2-19-14-15-23(29-19)24-26-22-13-6-5-12-21(22)25(28)27(24)16-18-10-7-9-17-8-3-4-11-20(17)18;/h3-15,24,26H,2,16H2,1H3;1H. The summed E-state index contributed by atoms with van der Waals surface area (Å²) >= 11 is 1.78. The fourth-order valence-corrected chi connectivity index (χ4v) is 5.04. The van der Waals surface area contributed by atoms with Crippen LogP contribution in [0.1, 0.15) is 40.2 Å². The Morgan fingerprint density at radius 3 is 2.62 bits per heavy atom. The second-order valence-electron chi connectivity index (χ2n) is 7.32. The molecular formula is C25H24N2OS. The largest absolute Gasteiger partial charge is 0.360 e. The second kappa shape index (κ2) is 7.37. The van der Waals surface area contributed by atoms with Gasteiger partial charge in [0, 0.05) is 23.4 Å². The summed E-state index contributed by atoms with van der Waals surface area (Å²) in [7, 11) is 0. The van der Waals surface area contributed by atoms with Crippen LogP contribution >= 0.6 is 11.3 Å². The number of rotatable bonds is 4. The summed E-state index contributed by atoms with van der Waals surface area (Å²) in [5, 5.41) is 6.01. The molecule has 146 valence electrons. The number of thiophene rings is 1. The van der Waals surface area contributed by atoms with Crippen molar-refractivity contribution in [2.45, 2.75) is 26.1 Å². The number of hydrogen-bond acceptors (Lipinski definition) is 3. The number of amides is 1. The number of carbonyl (C=O) groups excluding carboxylic acids is 1. The molecule has 0 radical (unpaired) electrons. The van der Waals surface area contributed by atoms with Crippen LogP contribution in [-0.4, -0.2) is 10.8 Å². The summed E-state index contributed by atoms with van der Waals surface area (Å²) in [6.07, 6.45) is 0.840. The Bertz CT molecular complexity index is 1200. The van der Waals surface area contributed by atoms with Crippen molar-refractivity contribution in [1.82, 2.24) is 4.90 Å². The fraction of sp³-hybridized carbons (Fsp3) is 0.160. The summed E-state index contributed by atoms with van der Waals surface area (Å²) in [6, 6.07) is 26.8. The normalized spacial score (nSPS) is 16.0. The highest BCUT2D eigenvalue weighted by Crippen LogP contribution is 2.37. The third-order valence-electron chi connectivity index (χ3n) is 5.54. The van der Waals surface area contributed by atoms with Gasteiger partial charge in [0.25, 0.3) is 5.91 Å². The monoisotopic (exact) mass is 400 g/mol. The molecule has 1 amide bonds. The molecule has 29 heavy (non-hydrogen) atoms. The minimum Gasteiger partial charge on any atom is -0.360 e. The van der Waals surface area contributed by atoms with Crippen LogP contribution in [-0.2, 0) is 13.0 Å². The molecule has 1 aromatic heterocycles. The van der Waals surface area contributed by atoms with Crippen molar-refractivity contribution in [3.63, 3.8) is 0 Å². The van der Waals surface area contributed by atoms with Crippen molar-refractivity contribution in [3.8, 4) is 0 Å². The number of para-hydroxylation sites is 1. The van der Waals surface area contributed by atoms with E-state index in [9.17, 15) is 4.79 Å². The maximum atomic E-state index is 13.5. The third-order valence-corrected chi connectivity index (χ3v) is 6.83. The predicted molar refractivity (Wildman–Crippen MR) is 122 cm³/mol. The smallest absolute Gasteiger partial charge is 0.258 e. The van der Waals surface area contributed by atoms with E-state index in [0.29, 0.717) is 6.54 Å². The average molecular weight is 401 g/mol. The summed E-state index contributed by atoms with van der Waals surface area (Å²) in [5.41, 5.74) is 2.80. The molecule has 1 unspecified atom stereocenters. The molecule has 0 spiro atoms. The van der Waals surface area contributed by atoms with Gasteiger partial charge in [0.05, 0.1) is 5.56 Å². The van der Waals surface area contributed by atoms with E-state index in [1.54, 1.807) is 11.3 Å². The van der Waals surface area contributed by atoms with Gasteiger partial charge in [0.1, 0.15) is 6.17 Å². The van der Waals surface area contributed by atoms with Crippen LogP contribution in [0.25, 0.3) is 10.8 Å². The minimum atomic E-state index is -0.165. The lowest BCUT2D eigenvalue weighted by molar-refractivity contribution is 0.0670. The van der Waals surface area contributed by atoms with Crippen molar-refractivity contribution in [3.05, 3.63) is 99.7 Å². The van der Waals surface area contributed by atoms with Crippen LogP contribution in [0.2, 0.25) is 0 Å². The molecule has 3 aromatic carbocycles. The maximum Gasteiger partial charge on any atom is 0.258 e. The molecule has 1 aliphatic rings. The van der Waals surface area contributed by atoms with Gasteiger partial charge in [-0.1, -0.05) is 61.5 Å². The topological polar surface area (TPSA) is 32.3 Å². The van der Waals surface area contributed by atoms with Crippen molar-refractivity contribution in [2.24, 2.45) is 0 Å². The maximum absolute atomic E-state index is 13.5. The molecule has 0 bridgehead atoms. The van der Waals surface area contributed by atoms with E-state index in [2.05, 4.69) is 66.8 Å². The molecule has 1 aliphatic heterocycles. The Morgan fingerprint density at radius 1 is 0.966 bits per heavy atom. The molecule has 0 fully saturated rings. The zero-order valence-electron chi connectivity index (χ0n) is 16.3. The van der Waals surface area contributed by atoms with Gasteiger partial charge >= 0.3 is 0 Å². The fourth-order valence-electron chi connectivity index (χ4n) is 4.03. The lowest BCUT2D eigenvalue weighted by Gasteiger charge is -2.37. The van der Waals surface area contributed by atoms with Crippen LogP contribution < -0.4 is 5.32 Å². The number of nitrogens with one attached hydrogen (secondary N) is 1. The number of fused-ring (bicyclic) bond motifs is 2. The number of aryl methyl sites for hydroxylation is 1. The lowest BCUT2D eigenvalue weighted by atomic mass is 10.0. The molecule has 5 rings (SSSR count). The van der Waals surface area contributed by atoms with Crippen molar-refractivity contribution in [1.29, 1.82) is 0 Å². The van der Waals surface area contributed by atoms with Gasteiger partial charge in [0.2, 0.25) is 0 Å². The molecular weight excluding hydrogens is 376 g/mol. The molecule has 0 saturated carbocycles. The van der Waals surface area contributed by atoms with Gasteiger partial charge in [-0.25, -0.2) is 0 Å². The predicted octanol–water partition coefficient (Wildman–Crippen LogP) is 6.48. The van der Waals surface area contributed by atoms with E-state index in [4.69, 9.17) is 0 Å². The lowest BCUT2D eigenvalue weighted by Crippen LogP contribution is -2.42. The summed E-state index contributed by atoms with van der Waals surface area (Å²) in [5.74, 6) is 0.0729. The zero-order chi connectivity index (χ0) is 19.8. The molecule has 4 heteroatoms. The first-order chi connectivity index (χ1) is 14.2. The van der Waals surface area contributed by atoms with E-state index in [1.807, 2.05) is 29.2 Å². The van der Waals surface area contributed by atoms with E-state index in [0.717, 1.165) is 23.2 Å². The molecule has 1 N–H and O–H groups in total. The summed E-state index contributed by atoms with van der Waals surface area (Å²) in [4.78, 5) is 18.0. The summed E-state index contributed by atoms with van der Waals surface area (Å²) in [6.45, 7) is 2.73. The Kier molecular flexibility index (Phi) is 4.57. The first kappa shape index (κ1) is 18.0. The van der Waals surface area contributed by atoms with Gasteiger partial charge in [-0.3, -0.25) is 4.79 Å². The van der Waals surface area contributed by atoms with Gasteiger partial charge in [0.15, 0.2) is 0 Å². The minimum absolute atomic E-state index is 0. The highest BCUT2D eigenvalue weighted by Gasteiger charge is 2.33. The van der Waals surface area contributed by atoms with Gasteiger partial charge in [-0.2, -0.15) is 0 Å². The van der Waals surface area contributed by atoms with Gasteiger partial charge in [-0.05, 0) is 47.0 Å². The van der Waals surface area contributed by atoms with Crippen molar-refractivity contribution < 1.29 is 6.22 Å². The quantitative estimate of drug-likeness (QED) is 0.425. The van der Waals surface area contributed by atoms with Crippen LogP contribution in [0.15, 0.2) is 78.9 Å². The van der Waals surface area contributed by atoms with E-state index in [-0.39, 0.29) is 13.5 Å². The number of hydrogen-bond donors (Lipinski definition) is 1. The Labute approximate surface area is 176 Å². The SMILES string of the molecule is CCc1ccc(C2Nc3ccccc3C(=O)N2Cc2cccc3ccccc23)s1.[HH]. The second-order valence-corrected chi connectivity index (χ2v) is 8.52. The number of carbonyl (C=O) groups is 1. The number of anilines is 1. The summed E-state index contributed by atoms with van der Waals surface area (Å²) < 4.78 is 0. The van der Waals surface area contributed by atoms with Crippen molar-refractivity contribution in [2.75, 3.05) is 5.32 Å². The van der Waals surface area contributed by atoms with Crippen LogP contribution in [0, 0.1) is 0 Å². The van der Waals surface area contributed by atoms with Crippen LogP contribution in [0.3, 0.4) is 0 Å². The molecule has 4 aromatic rings. The van der Waals surface area contributed by atoms with Crippen LogP contribution in [0.5, 0.6) is 0 Å². The average Bonchev–Trinajstić information content (AvgIpc) is 3.25. The molecule has 3 nitrogen and oxygen atoms in total. The van der Waals surface area contributed by atoms with Crippen LogP contribution in [0.4, 0.5) is 5.69 Å². The molecule has 1 atom stereocenters. The molecule has 0 saturated heterocycles. The third kappa shape index (κ3) is 3.19. The first-order valence-corrected chi connectivity index (χ1v) is 10.8. The Hall–Kier alpha value is -3.11. The van der Waals surface area contributed by atoms with E-state index in [1.165, 1.54) is 20.5 Å². The number of nitrogens with zero attached hydrogens (tertiary/aromatic N) is 1.